The number of amides is 1. The van der Waals surface area contributed by atoms with Gasteiger partial charge < -0.3 is 20.0 Å². The molecule has 6 nitrogen and oxygen atoms in total. The second-order valence-corrected chi connectivity index (χ2v) is 10.7. The molecule has 1 aliphatic heterocycles. The summed E-state index contributed by atoms with van der Waals surface area (Å²) >= 11 is 18.1. The molecular weight excluding hydrogens is 563 g/mol. The van der Waals surface area contributed by atoms with Gasteiger partial charge in [-0.1, -0.05) is 65.7 Å². The predicted molar refractivity (Wildman–Crippen MR) is 164 cm³/mol. The van der Waals surface area contributed by atoms with Crippen molar-refractivity contribution in [1.82, 2.24) is 15.2 Å². The number of rotatable bonds is 7. The highest BCUT2D eigenvalue weighted by atomic mass is 35.5. The Bertz CT molecular complexity index is 1700. The molecule has 1 saturated heterocycles. The Morgan fingerprint density at radius 1 is 0.975 bits per heavy atom. The molecule has 5 aromatic rings. The zero-order valence-electron chi connectivity index (χ0n) is 21.2. The molecule has 1 fully saturated rings. The minimum absolute atomic E-state index is 0.102. The van der Waals surface area contributed by atoms with Crippen molar-refractivity contribution in [2.24, 2.45) is 0 Å². The number of nitrogens with one attached hydrogen (secondary N) is 2. The minimum atomic E-state index is -0.315. The Morgan fingerprint density at radius 2 is 1.80 bits per heavy atom. The number of hydrogen-bond donors (Lipinski definition) is 2. The zero-order valence-corrected chi connectivity index (χ0v) is 23.5. The molecule has 0 bridgehead atoms. The van der Waals surface area contributed by atoms with Crippen LogP contribution in [0.25, 0.3) is 22.1 Å². The minimum Gasteiger partial charge on any atom is -0.459 e. The number of fused-ring (bicyclic) bond motifs is 1. The highest BCUT2D eigenvalue weighted by Gasteiger charge is 2.41. The van der Waals surface area contributed by atoms with Crippen LogP contribution in [-0.4, -0.2) is 27.4 Å². The maximum Gasteiger partial charge on any atom is 0.226 e. The molecule has 1 amide bonds. The van der Waals surface area contributed by atoms with Gasteiger partial charge in [-0.25, -0.2) is 0 Å². The first-order valence-electron chi connectivity index (χ1n) is 12.8. The highest BCUT2D eigenvalue weighted by molar-refractivity contribution is 7.80. The fourth-order valence-corrected chi connectivity index (χ4v) is 5.67. The molecule has 2 aromatic heterocycles. The Morgan fingerprint density at radius 3 is 2.62 bits per heavy atom. The van der Waals surface area contributed by atoms with Crippen molar-refractivity contribution >= 4 is 62.9 Å². The van der Waals surface area contributed by atoms with E-state index in [-0.39, 0.29) is 24.4 Å². The average Bonchev–Trinajstić information content (AvgIpc) is 3.58. The first kappa shape index (κ1) is 26.3. The number of furan rings is 1. The number of aromatic nitrogens is 1. The van der Waals surface area contributed by atoms with Crippen LogP contribution in [0, 0.1) is 0 Å². The van der Waals surface area contributed by atoms with E-state index < -0.39 is 0 Å². The molecule has 0 radical (unpaired) electrons. The van der Waals surface area contributed by atoms with Crippen molar-refractivity contribution < 1.29 is 9.21 Å². The van der Waals surface area contributed by atoms with Crippen molar-refractivity contribution in [3.63, 3.8) is 0 Å². The van der Waals surface area contributed by atoms with Crippen LogP contribution in [0.15, 0.2) is 102 Å². The molecule has 0 unspecified atom stereocenters. The number of hydrogen-bond acceptors (Lipinski definition) is 4. The van der Waals surface area contributed by atoms with E-state index in [4.69, 9.17) is 39.8 Å². The van der Waals surface area contributed by atoms with Crippen molar-refractivity contribution in [2.45, 2.75) is 18.5 Å². The summed E-state index contributed by atoms with van der Waals surface area (Å²) in [6.07, 6.45) is 1.98. The van der Waals surface area contributed by atoms with Crippen molar-refractivity contribution in [3.8, 4) is 11.3 Å². The molecule has 0 spiro atoms. The maximum absolute atomic E-state index is 13.1. The lowest BCUT2D eigenvalue weighted by Gasteiger charge is -2.26. The molecule has 40 heavy (non-hydrogen) atoms. The number of halogens is 2. The molecule has 3 heterocycles. The number of benzene rings is 3. The van der Waals surface area contributed by atoms with Crippen LogP contribution >= 0.6 is 35.4 Å². The van der Waals surface area contributed by atoms with Crippen LogP contribution in [0.2, 0.25) is 10.0 Å². The van der Waals surface area contributed by atoms with Crippen molar-refractivity contribution in [3.05, 3.63) is 119 Å². The largest absolute Gasteiger partial charge is 0.459 e. The lowest BCUT2D eigenvalue weighted by Crippen LogP contribution is -2.32. The molecule has 1 aliphatic rings. The van der Waals surface area contributed by atoms with Crippen LogP contribution in [0.4, 0.5) is 5.69 Å². The Hall–Kier alpha value is -3.91. The predicted octanol–water partition coefficient (Wildman–Crippen LogP) is 7.80. The molecule has 0 aliphatic carbocycles. The molecule has 0 saturated carbocycles. The molecule has 3 aromatic carbocycles. The number of pyridine rings is 1. The van der Waals surface area contributed by atoms with Gasteiger partial charge in [-0.2, -0.15) is 0 Å². The first-order valence-corrected chi connectivity index (χ1v) is 14.0. The first-order chi connectivity index (χ1) is 19.5. The van der Waals surface area contributed by atoms with E-state index >= 15 is 0 Å². The third-order valence-electron chi connectivity index (χ3n) is 6.96. The number of thiocarbonyl (C=S) groups is 1. The van der Waals surface area contributed by atoms with Crippen LogP contribution in [0.5, 0.6) is 0 Å². The fourth-order valence-electron chi connectivity index (χ4n) is 5.04. The summed E-state index contributed by atoms with van der Waals surface area (Å²) in [5.74, 6) is 1.24. The monoisotopic (exact) mass is 586 g/mol. The summed E-state index contributed by atoms with van der Waals surface area (Å²) in [6.45, 7) is 0.388. The summed E-state index contributed by atoms with van der Waals surface area (Å²) in [7, 11) is 0. The van der Waals surface area contributed by atoms with Gasteiger partial charge in [-0.05, 0) is 66.1 Å². The van der Waals surface area contributed by atoms with Gasteiger partial charge in [0.25, 0.3) is 0 Å². The summed E-state index contributed by atoms with van der Waals surface area (Å²) in [4.78, 5) is 19.7. The quantitative estimate of drug-likeness (QED) is 0.189. The van der Waals surface area contributed by atoms with E-state index in [1.165, 1.54) is 0 Å². The summed E-state index contributed by atoms with van der Waals surface area (Å²) < 4.78 is 6.36. The molecule has 2 N–H and O–H groups in total. The fraction of sp³-hybridized carbons (Fsp3) is 0.129. The van der Waals surface area contributed by atoms with E-state index in [2.05, 4.69) is 15.6 Å². The Balaban J connectivity index is 1.26. The van der Waals surface area contributed by atoms with Gasteiger partial charge in [0.2, 0.25) is 5.91 Å². The molecule has 2 atom stereocenters. The van der Waals surface area contributed by atoms with Crippen LogP contribution in [0.1, 0.15) is 30.0 Å². The Kier molecular flexibility index (Phi) is 7.43. The normalized spacial score (nSPS) is 16.8. The Labute approximate surface area is 246 Å². The zero-order chi connectivity index (χ0) is 27.6. The van der Waals surface area contributed by atoms with E-state index in [0.29, 0.717) is 33.2 Å². The maximum atomic E-state index is 13.1. The highest BCUT2D eigenvalue weighted by Crippen LogP contribution is 2.41. The second kappa shape index (κ2) is 11.3. The van der Waals surface area contributed by atoms with Crippen LogP contribution in [0.3, 0.4) is 0 Å². The number of carbonyl (C=O) groups excluding carboxylic acids is 1. The van der Waals surface area contributed by atoms with E-state index in [1.54, 1.807) is 18.3 Å². The SMILES string of the molecule is O=C(CCN1C(=S)N[C@H](c2ccccn2)[C@@H]1c1ccc(-c2ccc(Cl)c(Cl)c2)o1)Nc1cccc2ccccc12. The van der Waals surface area contributed by atoms with Gasteiger partial charge >= 0.3 is 0 Å². The van der Waals surface area contributed by atoms with Gasteiger partial charge in [0.15, 0.2) is 5.11 Å². The molecule has 6 rings (SSSR count). The lowest BCUT2D eigenvalue weighted by atomic mass is 10.0. The van der Waals surface area contributed by atoms with E-state index in [9.17, 15) is 4.79 Å². The van der Waals surface area contributed by atoms with Gasteiger partial charge in [0.05, 0.1) is 21.8 Å². The molecule has 200 valence electrons. The third kappa shape index (κ3) is 5.28. The van der Waals surface area contributed by atoms with E-state index in [1.807, 2.05) is 83.8 Å². The van der Waals surface area contributed by atoms with Gasteiger partial charge in [0, 0.05) is 35.8 Å². The lowest BCUT2D eigenvalue weighted by molar-refractivity contribution is -0.116. The summed E-state index contributed by atoms with van der Waals surface area (Å²) in [6, 6.07) is 28.2. The number of anilines is 1. The topological polar surface area (TPSA) is 70.4 Å². The summed E-state index contributed by atoms with van der Waals surface area (Å²) in [5, 5.41) is 9.99. The van der Waals surface area contributed by atoms with Gasteiger partial charge in [0.1, 0.15) is 17.6 Å². The van der Waals surface area contributed by atoms with Crippen LogP contribution < -0.4 is 10.6 Å². The molecule has 9 heteroatoms. The van der Waals surface area contributed by atoms with Gasteiger partial charge in [-0.15, -0.1) is 0 Å². The third-order valence-corrected chi connectivity index (χ3v) is 8.06. The standard InChI is InChI=1S/C31H24Cl2N4O2S/c32-22-12-11-20(18-23(22)33)26-13-14-27(39-26)30-29(25-9-3-4-16-34-25)36-31(40)37(30)17-15-28(38)35-24-10-5-7-19-6-1-2-8-21(19)24/h1-14,16,18,29-30H,15,17H2,(H,35,38)(H,36,40)/t29-,30+/m1/s1. The smallest absolute Gasteiger partial charge is 0.226 e. The van der Waals surface area contributed by atoms with Crippen LogP contribution in [-0.2, 0) is 4.79 Å². The van der Waals surface area contributed by atoms with Crippen molar-refractivity contribution in [2.75, 3.05) is 11.9 Å². The van der Waals surface area contributed by atoms with E-state index in [0.717, 1.165) is 27.7 Å². The average molecular weight is 588 g/mol. The number of nitrogens with zero attached hydrogens (tertiary/aromatic N) is 2. The van der Waals surface area contributed by atoms with Crippen molar-refractivity contribution in [1.29, 1.82) is 0 Å². The number of carbonyl (C=O) groups is 1. The summed E-state index contributed by atoms with van der Waals surface area (Å²) in [5.41, 5.74) is 2.42. The van der Waals surface area contributed by atoms with Gasteiger partial charge in [-0.3, -0.25) is 9.78 Å². The second-order valence-electron chi connectivity index (χ2n) is 9.48. The molecular formula is C31H24Cl2N4O2S.